The summed E-state index contributed by atoms with van der Waals surface area (Å²) < 4.78 is 5.39. The lowest BCUT2D eigenvalue weighted by atomic mass is 10.1. The number of amides is 1. The number of rotatable bonds is 3. The molecular weight excluding hydrogens is 240 g/mol. The van der Waals surface area contributed by atoms with Gasteiger partial charge >= 0.3 is 0 Å². The highest BCUT2D eigenvalue weighted by Crippen LogP contribution is 2.18. The maximum Gasteiger partial charge on any atom is 0.226 e. The van der Waals surface area contributed by atoms with Crippen LogP contribution in [0.2, 0.25) is 0 Å². The minimum atomic E-state index is -0.233. The average molecular weight is 258 g/mol. The molecule has 1 aromatic carbocycles. The van der Waals surface area contributed by atoms with E-state index in [-0.39, 0.29) is 17.9 Å². The van der Waals surface area contributed by atoms with E-state index < -0.39 is 0 Å². The second-order valence-corrected chi connectivity index (χ2v) is 5.48. The fraction of sp³-hybridized carbons (Fsp3) is 0.333. The van der Waals surface area contributed by atoms with Crippen LogP contribution in [-0.4, -0.2) is 16.4 Å². The van der Waals surface area contributed by atoms with Gasteiger partial charge in [0, 0.05) is 11.1 Å². The van der Waals surface area contributed by atoms with Gasteiger partial charge in [-0.2, -0.15) is 0 Å². The van der Waals surface area contributed by atoms with Gasteiger partial charge in [0.2, 0.25) is 11.8 Å². The van der Waals surface area contributed by atoms with Gasteiger partial charge < -0.3 is 9.73 Å². The Hall–Kier alpha value is -2.10. The molecule has 1 amide bonds. The van der Waals surface area contributed by atoms with Crippen molar-refractivity contribution in [1.29, 1.82) is 0 Å². The number of hydrogen-bond acceptors (Lipinski definition) is 3. The van der Waals surface area contributed by atoms with Crippen molar-refractivity contribution in [3.8, 4) is 11.5 Å². The van der Waals surface area contributed by atoms with E-state index in [2.05, 4.69) is 10.3 Å². The molecule has 0 saturated carbocycles. The van der Waals surface area contributed by atoms with Gasteiger partial charge in [0.15, 0.2) is 0 Å². The summed E-state index contributed by atoms with van der Waals surface area (Å²) in [4.78, 5) is 16.1. The van der Waals surface area contributed by atoms with Crippen LogP contribution in [0, 0.1) is 0 Å². The molecule has 0 aliphatic heterocycles. The Morgan fingerprint density at radius 2 is 1.95 bits per heavy atom. The second-order valence-electron chi connectivity index (χ2n) is 5.48. The molecule has 2 aromatic rings. The van der Waals surface area contributed by atoms with Crippen molar-refractivity contribution in [2.45, 2.75) is 32.7 Å². The fourth-order valence-electron chi connectivity index (χ4n) is 1.73. The van der Waals surface area contributed by atoms with E-state index in [9.17, 15) is 4.79 Å². The summed E-state index contributed by atoms with van der Waals surface area (Å²) in [5, 5.41) is 2.90. The van der Waals surface area contributed by atoms with Crippen LogP contribution in [0.1, 0.15) is 26.5 Å². The Morgan fingerprint density at radius 3 is 2.58 bits per heavy atom. The Morgan fingerprint density at radius 1 is 1.26 bits per heavy atom. The van der Waals surface area contributed by atoms with Crippen molar-refractivity contribution in [3.63, 3.8) is 0 Å². The molecule has 0 spiro atoms. The van der Waals surface area contributed by atoms with Gasteiger partial charge in [-0.3, -0.25) is 4.79 Å². The summed E-state index contributed by atoms with van der Waals surface area (Å²) in [6, 6.07) is 9.62. The summed E-state index contributed by atoms with van der Waals surface area (Å²) in [5.74, 6) is 0.486. The van der Waals surface area contributed by atoms with Crippen molar-refractivity contribution in [2.75, 3.05) is 0 Å². The molecule has 1 N–H and O–H groups in total. The number of carbonyl (C=O) groups is 1. The quantitative estimate of drug-likeness (QED) is 0.921. The van der Waals surface area contributed by atoms with Crippen LogP contribution in [0.15, 0.2) is 41.0 Å². The highest BCUT2D eigenvalue weighted by molar-refractivity contribution is 5.78. The monoisotopic (exact) mass is 258 g/mol. The molecule has 0 fully saturated rings. The summed E-state index contributed by atoms with van der Waals surface area (Å²) in [6.07, 6.45) is 1.76. The predicted molar refractivity (Wildman–Crippen MR) is 73.5 cm³/mol. The third-order valence-corrected chi connectivity index (χ3v) is 2.43. The molecular formula is C15H18N2O2. The zero-order valence-electron chi connectivity index (χ0n) is 11.4. The predicted octanol–water partition coefficient (Wildman–Crippen LogP) is 2.80. The van der Waals surface area contributed by atoms with E-state index in [1.807, 2.05) is 51.1 Å². The smallest absolute Gasteiger partial charge is 0.226 e. The minimum absolute atomic E-state index is 0.0552. The topological polar surface area (TPSA) is 55.1 Å². The number of carbonyl (C=O) groups excluding carboxylic acids is 1. The summed E-state index contributed by atoms with van der Waals surface area (Å²) in [5.41, 5.74) is 1.31. The van der Waals surface area contributed by atoms with Crippen LogP contribution < -0.4 is 5.32 Å². The summed E-state index contributed by atoms with van der Waals surface area (Å²) in [6.45, 7) is 5.84. The van der Waals surface area contributed by atoms with Gasteiger partial charge in [0.1, 0.15) is 6.26 Å². The molecule has 19 heavy (non-hydrogen) atoms. The number of aromatic nitrogens is 1. The second kappa shape index (κ2) is 5.26. The van der Waals surface area contributed by atoms with E-state index >= 15 is 0 Å². The lowest BCUT2D eigenvalue weighted by molar-refractivity contribution is -0.121. The Balaban J connectivity index is 2.04. The van der Waals surface area contributed by atoms with E-state index in [0.29, 0.717) is 11.6 Å². The molecule has 100 valence electrons. The molecule has 0 radical (unpaired) electrons. The van der Waals surface area contributed by atoms with Crippen LogP contribution in [0.3, 0.4) is 0 Å². The van der Waals surface area contributed by atoms with Gasteiger partial charge in [-0.1, -0.05) is 18.2 Å². The third kappa shape index (κ3) is 3.95. The molecule has 0 unspecified atom stereocenters. The molecule has 4 heteroatoms. The van der Waals surface area contributed by atoms with Crippen LogP contribution in [0.25, 0.3) is 11.5 Å². The number of benzene rings is 1. The Labute approximate surface area is 112 Å². The maximum atomic E-state index is 11.8. The van der Waals surface area contributed by atoms with Crippen LogP contribution in [-0.2, 0) is 11.2 Å². The minimum Gasteiger partial charge on any atom is -0.444 e. The summed E-state index contributed by atoms with van der Waals surface area (Å²) >= 11 is 0. The lowest BCUT2D eigenvalue weighted by Crippen LogP contribution is -2.41. The van der Waals surface area contributed by atoms with E-state index in [1.54, 1.807) is 0 Å². The Kier molecular flexibility index (Phi) is 3.69. The summed E-state index contributed by atoms with van der Waals surface area (Å²) in [7, 11) is 0. The fourth-order valence-corrected chi connectivity index (χ4v) is 1.73. The van der Waals surface area contributed by atoms with E-state index in [1.165, 1.54) is 6.26 Å². The largest absolute Gasteiger partial charge is 0.444 e. The number of nitrogens with one attached hydrogen (secondary N) is 1. The Bertz CT molecular complexity index is 553. The molecule has 1 heterocycles. The first-order chi connectivity index (χ1) is 8.94. The van der Waals surface area contributed by atoms with Crippen LogP contribution in [0.4, 0.5) is 0 Å². The van der Waals surface area contributed by atoms with Crippen molar-refractivity contribution >= 4 is 5.91 Å². The van der Waals surface area contributed by atoms with Crippen LogP contribution >= 0.6 is 0 Å². The zero-order chi connectivity index (χ0) is 13.9. The van der Waals surface area contributed by atoms with E-state index in [4.69, 9.17) is 4.42 Å². The molecule has 0 aliphatic rings. The van der Waals surface area contributed by atoms with Crippen LogP contribution in [0.5, 0.6) is 0 Å². The first-order valence-corrected chi connectivity index (χ1v) is 6.25. The molecule has 2 rings (SSSR count). The van der Waals surface area contributed by atoms with Gasteiger partial charge in [0.05, 0.1) is 12.1 Å². The lowest BCUT2D eigenvalue weighted by Gasteiger charge is -2.19. The maximum absolute atomic E-state index is 11.8. The number of oxazole rings is 1. The first kappa shape index (κ1) is 13.3. The standard InChI is InChI=1S/C15H18N2O2/c1-15(2,3)17-13(18)9-12-10-19-14(16-12)11-7-5-4-6-8-11/h4-8,10H,9H2,1-3H3,(H,17,18). The van der Waals surface area contributed by atoms with Gasteiger partial charge in [-0.15, -0.1) is 0 Å². The zero-order valence-corrected chi connectivity index (χ0v) is 11.4. The van der Waals surface area contributed by atoms with E-state index in [0.717, 1.165) is 5.56 Å². The van der Waals surface area contributed by atoms with Crippen molar-refractivity contribution in [3.05, 3.63) is 42.3 Å². The number of hydrogen-bond donors (Lipinski definition) is 1. The third-order valence-electron chi connectivity index (χ3n) is 2.43. The van der Waals surface area contributed by atoms with Crippen molar-refractivity contribution in [1.82, 2.24) is 10.3 Å². The average Bonchev–Trinajstić information content (AvgIpc) is 2.76. The molecule has 1 aromatic heterocycles. The molecule has 0 atom stereocenters. The SMILES string of the molecule is CC(C)(C)NC(=O)Cc1coc(-c2ccccc2)n1. The van der Waals surface area contributed by atoms with Gasteiger partial charge in [-0.25, -0.2) is 4.98 Å². The normalized spacial score (nSPS) is 11.3. The van der Waals surface area contributed by atoms with Gasteiger partial charge in [0.25, 0.3) is 0 Å². The molecule has 0 saturated heterocycles. The van der Waals surface area contributed by atoms with Crippen molar-refractivity contribution in [2.24, 2.45) is 0 Å². The van der Waals surface area contributed by atoms with Crippen molar-refractivity contribution < 1.29 is 9.21 Å². The highest BCUT2D eigenvalue weighted by Gasteiger charge is 2.16. The van der Waals surface area contributed by atoms with Gasteiger partial charge in [-0.05, 0) is 32.9 Å². The number of nitrogens with zero attached hydrogens (tertiary/aromatic N) is 1. The molecule has 0 aliphatic carbocycles. The molecule has 0 bridgehead atoms. The first-order valence-electron chi connectivity index (χ1n) is 6.25. The molecule has 4 nitrogen and oxygen atoms in total. The highest BCUT2D eigenvalue weighted by atomic mass is 16.3.